The quantitative estimate of drug-likeness (QED) is 0.845. The fraction of sp³-hybridized carbons (Fsp3) is 0.750. The Hall–Kier alpha value is -1.52. The number of aryl methyl sites for hydroxylation is 1. The van der Waals surface area contributed by atoms with Crippen molar-refractivity contribution in [3.05, 3.63) is 11.5 Å². The highest BCUT2D eigenvalue weighted by Crippen LogP contribution is 2.35. The predicted molar refractivity (Wildman–Crippen MR) is 83.3 cm³/mol. The van der Waals surface area contributed by atoms with Crippen molar-refractivity contribution in [3.8, 4) is 0 Å². The van der Waals surface area contributed by atoms with E-state index in [1.807, 2.05) is 6.92 Å². The van der Waals surface area contributed by atoms with Gasteiger partial charge in [0.15, 0.2) is 5.69 Å². The van der Waals surface area contributed by atoms with Gasteiger partial charge in [0.1, 0.15) is 11.6 Å². The van der Waals surface area contributed by atoms with Crippen molar-refractivity contribution in [1.29, 1.82) is 0 Å². The highest BCUT2D eigenvalue weighted by Gasteiger charge is 2.28. The van der Waals surface area contributed by atoms with Gasteiger partial charge in [0.2, 0.25) is 0 Å². The SMILES string of the molecule is CCOC(=O)c1nc(CC)n(C(C)C2CCCCC2)c1N. The molecule has 0 bridgehead atoms. The lowest BCUT2D eigenvalue weighted by Crippen LogP contribution is -2.22. The minimum absolute atomic E-state index is 0.274. The van der Waals surface area contributed by atoms with E-state index in [1.165, 1.54) is 32.1 Å². The lowest BCUT2D eigenvalue weighted by Gasteiger charge is -2.30. The molecule has 118 valence electrons. The molecule has 1 fully saturated rings. The third-order valence-corrected chi connectivity index (χ3v) is 4.55. The average Bonchev–Trinajstić information content (AvgIpc) is 2.84. The molecule has 1 aliphatic rings. The van der Waals surface area contributed by atoms with E-state index >= 15 is 0 Å². The van der Waals surface area contributed by atoms with Gasteiger partial charge in [0.25, 0.3) is 0 Å². The molecule has 0 radical (unpaired) electrons. The number of nitrogen functional groups attached to an aromatic ring is 1. The zero-order valence-electron chi connectivity index (χ0n) is 13.4. The van der Waals surface area contributed by atoms with E-state index in [1.54, 1.807) is 6.92 Å². The van der Waals surface area contributed by atoms with Gasteiger partial charge in [-0.3, -0.25) is 0 Å². The number of nitrogens with zero attached hydrogens (tertiary/aromatic N) is 2. The second kappa shape index (κ2) is 6.96. The van der Waals surface area contributed by atoms with Crippen LogP contribution in [0.1, 0.15) is 75.2 Å². The van der Waals surface area contributed by atoms with E-state index in [2.05, 4.69) is 16.5 Å². The molecule has 5 nitrogen and oxygen atoms in total. The first-order valence-corrected chi connectivity index (χ1v) is 8.13. The summed E-state index contributed by atoms with van der Waals surface area (Å²) in [6, 6.07) is 0.288. The minimum atomic E-state index is -0.417. The van der Waals surface area contributed by atoms with Gasteiger partial charge < -0.3 is 15.0 Å². The maximum atomic E-state index is 12.0. The van der Waals surface area contributed by atoms with Gasteiger partial charge in [-0.25, -0.2) is 9.78 Å². The Morgan fingerprint density at radius 2 is 2.05 bits per heavy atom. The van der Waals surface area contributed by atoms with Gasteiger partial charge in [0, 0.05) is 12.5 Å². The van der Waals surface area contributed by atoms with Gasteiger partial charge in [0.05, 0.1) is 6.61 Å². The molecule has 21 heavy (non-hydrogen) atoms. The molecule has 0 spiro atoms. The lowest BCUT2D eigenvalue weighted by molar-refractivity contribution is 0.0521. The van der Waals surface area contributed by atoms with E-state index in [0.29, 0.717) is 18.3 Å². The molecule has 0 amide bonds. The van der Waals surface area contributed by atoms with Crippen molar-refractivity contribution in [1.82, 2.24) is 9.55 Å². The van der Waals surface area contributed by atoms with Crippen LogP contribution in [-0.2, 0) is 11.2 Å². The van der Waals surface area contributed by atoms with E-state index in [-0.39, 0.29) is 11.7 Å². The first-order valence-electron chi connectivity index (χ1n) is 8.13. The van der Waals surface area contributed by atoms with E-state index < -0.39 is 5.97 Å². The van der Waals surface area contributed by atoms with Gasteiger partial charge in [-0.15, -0.1) is 0 Å². The van der Waals surface area contributed by atoms with Crippen molar-refractivity contribution in [3.63, 3.8) is 0 Å². The van der Waals surface area contributed by atoms with Crippen LogP contribution in [0.3, 0.4) is 0 Å². The molecule has 0 aromatic carbocycles. The monoisotopic (exact) mass is 293 g/mol. The zero-order chi connectivity index (χ0) is 15.4. The number of imidazole rings is 1. The molecule has 5 heteroatoms. The van der Waals surface area contributed by atoms with Crippen LogP contribution in [0.2, 0.25) is 0 Å². The van der Waals surface area contributed by atoms with Gasteiger partial charge in [-0.1, -0.05) is 26.2 Å². The van der Waals surface area contributed by atoms with Crippen LogP contribution >= 0.6 is 0 Å². The van der Waals surface area contributed by atoms with Crippen LogP contribution in [0, 0.1) is 5.92 Å². The molecular formula is C16H27N3O2. The molecule has 1 heterocycles. The number of anilines is 1. The van der Waals surface area contributed by atoms with Crippen LogP contribution in [0.5, 0.6) is 0 Å². The molecule has 2 rings (SSSR count). The van der Waals surface area contributed by atoms with Crippen LogP contribution in [0.4, 0.5) is 5.82 Å². The highest BCUT2D eigenvalue weighted by molar-refractivity contribution is 5.92. The standard InChI is InChI=1S/C16H27N3O2/c1-4-13-18-14(16(20)21-5-2)15(17)19(13)11(3)12-9-7-6-8-10-12/h11-12H,4-10,17H2,1-3H3. The summed E-state index contributed by atoms with van der Waals surface area (Å²) in [5.74, 6) is 1.55. The number of carbonyl (C=O) groups is 1. The minimum Gasteiger partial charge on any atom is -0.461 e. The Bertz CT molecular complexity index is 490. The van der Waals surface area contributed by atoms with Crippen molar-refractivity contribution < 1.29 is 9.53 Å². The fourth-order valence-electron chi connectivity index (χ4n) is 3.37. The summed E-state index contributed by atoms with van der Waals surface area (Å²) >= 11 is 0. The Morgan fingerprint density at radius 3 is 2.62 bits per heavy atom. The van der Waals surface area contributed by atoms with Crippen molar-refractivity contribution >= 4 is 11.8 Å². The summed E-state index contributed by atoms with van der Waals surface area (Å²) in [6.07, 6.45) is 7.14. The third kappa shape index (κ3) is 3.22. The second-order valence-electron chi connectivity index (χ2n) is 5.84. The Labute approximate surface area is 126 Å². The summed E-state index contributed by atoms with van der Waals surface area (Å²) in [7, 11) is 0. The third-order valence-electron chi connectivity index (χ3n) is 4.55. The molecule has 1 unspecified atom stereocenters. The maximum absolute atomic E-state index is 12.0. The Kier molecular flexibility index (Phi) is 5.26. The van der Waals surface area contributed by atoms with Gasteiger partial charge in [-0.2, -0.15) is 0 Å². The summed E-state index contributed by atoms with van der Waals surface area (Å²) in [5.41, 5.74) is 6.49. The van der Waals surface area contributed by atoms with Crippen LogP contribution in [0.15, 0.2) is 0 Å². The number of carbonyl (C=O) groups excluding carboxylic acids is 1. The first-order chi connectivity index (χ1) is 10.1. The van der Waals surface area contributed by atoms with Crippen molar-refractivity contribution in [2.75, 3.05) is 12.3 Å². The summed E-state index contributed by atoms with van der Waals surface area (Å²) < 4.78 is 7.11. The lowest BCUT2D eigenvalue weighted by atomic mass is 9.84. The average molecular weight is 293 g/mol. The molecule has 1 saturated carbocycles. The Balaban J connectivity index is 2.30. The number of rotatable bonds is 5. The summed E-state index contributed by atoms with van der Waals surface area (Å²) in [5, 5.41) is 0. The molecule has 1 aromatic heterocycles. The van der Waals surface area contributed by atoms with Crippen LogP contribution < -0.4 is 5.73 Å². The first kappa shape index (κ1) is 15.9. The number of esters is 1. The molecule has 1 aromatic rings. The number of hydrogen-bond donors (Lipinski definition) is 1. The second-order valence-corrected chi connectivity index (χ2v) is 5.84. The predicted octanol–water partition coefficient (Wildman–Crippen LogP) is 3.35. The number of ether oxygens (including phenoxy) is 1. The fourth-order valence-corrected chi connectivity index (χ4v) is 3.37. The van der Waals surface area contributed by atoms with Gasteiger partial charge in [-0.05, 0) is 32.6 Å². The summed E-state index contributed by atoms with van der Waals surface area (Å²) in [4.78, 5) is 16.4. The molecule has 0 aliphatic heterocycles. The van der Waals surface area contributed by atoms with Crippen LogP contribution in [-0.4, -0.2) is 22.1 Å². The van der Waals surface area contributed by atoms with Crippen LogP contribution in [0.25, 0.3) is 0 Å². The van der Waals surface area contributed by atoms with E-state index in [4.69, 9.17) is 10.5 Å². The zero-order valence-corrected chi connectivity index (χ0v) is 13.4. The van der Waals surface area contributed by atoms with Gasteiger partial charge >= 0.3 is 5.97 Å². The van der Waals surface area contributed by atoms with Crippen molar-refractivity contribution in [2.24, 2.45) is 5.92 Å². The van der Waals surface area contributed by atoms with E-state index in [0.717, 1.165) is 12.2 Å². The molecule has 1 atom stereocenters. The normalized spacial score (nSPS) is 17.7. The number of aromatic nitrogens is 2. The molecular weight excluding hydrogens is 266 g/mol. The maximum Gasteiger partial charge on any atom is 0.360 e. The topological polar surface area (TPSA) is 70.1 Å². The van der Waals surface area contributed by atoms with Crippen molar-refractivity contribution in [2.45, 2.75) is 65.3 Å². The molecule has 1 aliphatic carbocycles. The number of hydrogen-bond acceptors (Lipinski definition) is 4. The summed E-state index contributed by atoms with van der Waals surface area (Å²) in [6.45, 7) is 6.37. The largest absolute Gasteiger partial charge is 0.461 e. The molecule has 2 N–H and O–H groups in total. The Morgan fingerprint density at radius 1 is 1.38 bits per heavy atom. The van der Waals surface area contributed by atoms with E-state index in [9.17, 15) is 4.79 Å². The molecule has 0 saturated heterocycles. The highest BCUT2D eigenvalue weighted by atomic mass is 16.5. The number of nitrogens with two attached hydrogens (primary N) is 1. The smallest absolute Gasteiger partial charge is 0.360 e.